The molecule has 3 aromatic rings. The van der Waals surface area contributed by atoms with Crippen LogP contribution in [0.5, 0.6) is 0 Å². The van der Waals surface area contributed by atoms with E-state index >= 15 is 0 Å². The molecule has 1 aliphatic rings. The Kier molecular flexibility index (Phi) is 6.64. The van der Waals surface area contributed by atoms with E-state index in [1.165, 1.54) is 12.1 Å². The van der Waals surface area contributed by atoms with Crippen LogP contribution in [0, 0.1) is 0 Å². The molecule has 0 bridgehead atoms. The molecule has 1 saturated heterocycles. The number of rotatable bonds is 7. The number of carbonyl (C=O) groups excluding carboxylic acids is 1. The van der Waals surface area contributed by atoms with Crippen molar-refractivity contribution in [3.63, 3.8) is 0 Å². The molecular weight excluding hydrogens is 419 g/mol. The number of aromatic amines is 1. The average Bonchev–Trinajstić information content (AvgIpc) is 3.19. The van der Waals surface area contributed by atoms with Gasteiger partial charge in [-0.15, -0.1) is 0 Å². The molecule has 0 radical (unpaired) electrons. The lowest BCUT2D eigenvalue weighted by molar-refractivity contribution is -0.137. The van der Waals surface area contributed by atoms with Crippen LogP contribution in [-0.2, 0) is 11.0 Å². The largest absolute Gasteiger partial charge is 0.416 e. The van der Waals surface area contributed by atoms with Crippen LogP contribution < -0.4 is 10.2 Å². The maximum Gasteiger partial charge on any atom is 0.416 e. The van der Waals surface area contributed by atoms with E-state index in [1.807, 2.05) is 29.2 Å². The van der Waals surface area contributed by atoms with Crippen LogP contribution >= 0.6 is 0 Å². The maximum absolute atomic E-state index is 12.9. The summed E-state index contributed by atoms with van der Waals surface area (Å²) in [6.07, 6.45) is -2.26. The Labute approximate surface area is 184 Å². The van der Waals surface area contributed by atoms with Crippen LogP contribution in [0.4, 0.5) is 24.8 Å². The highest BCUT2D eigenvalue weighted by Gasteiger charge is 2.31. The van der Waals surface area contributed by atoms with E-state index < -0.39 is 11.7 Å². The van der Waals surface area contributed by atoms with Gasteiger partial charge in [0.1, 0.15) is 0 Å². The normalized spacial score (nSPS) is 15.3. The minimum absolute atomic E-state index is 0.0709. The molecule has 4 rings (SSSR count). The number of aromatic nitrogens is 2. The Bertz CT molecular complexity index is 1020. The van der Waals surface area contributed by atoms with E-state index in [4.69, 9.17) is 0 Å². The quantitative estimate of drug-likeness (QED) is 0.525. The molecule has 0 atom stereocenters. The summed E-state index contributed by atoms with van der Waals surface area (Å²) < 4.78 is 38.8. The lowest BCUT2D eigenvalue weighted by Gasteiger charge is -2.36. The fourth-order valence-corrected chi connectivity index (χ4v) is 3.94. The molecule has 1 amide bonds. The fourth-order valence-electron chi connectivity index (χ4n) is 3.94. The summed E-state index contributed by atoms with van der Waals surface area (Å²) in [7, 11) is 0. The third kappa shape index (κ3) is 5.59. The van der Waals surface area contributed by atoms with Crippen molar-refractivity contribution < 1.29 is 18.0 Å². The zero-order valence-electron chi connectivity index (χ0n) is 17.7. The van der Waals surface area contributed by atoms with Gasteiger partial charge in [0.15, 0.2) is 0 Å². The molecule has 0 aliphatic carbocycles. The number of amides is 1. The first-order valence-electron chi connectivity index (χ1n) is 10.8. The topological polar surface area (TPSA) is 64.3 Å². The predicted octanol–water partition coefficient (Wildman–Crippen LogP) is 4.51. The highest BCUT2D eigenvalue weighted by molar-refractivity contribution is 5.90. The molecular formula is C23H26F3N5O. The third-order valence-electron chi connectivity index (χ3n) is 5.69. The predicted molar refractivity (Wildman–Crippen MR) is 119 cm³/mol. The Morgan fingerprint density at radius 2 is 1.81 bits per heavy atom. The van der Waals surface area contributed by atoms with E-state index in [2.05, 4.69) is 20.2 Å². The molecule has 170 valence electrons. The first-order valence-corrected chi connectivity index (χ1v) is 10.8. The van der Waals surface area contributed by atoms with Gasteiger partial charge in [-0.05, 0) is 49.7 Å². The highest BCUT2D eigenvalue weighted by Crippen LogP contribution is 2.31. The van der Waals surface area contributed by atoms with Crippen molar-refractivity contribution in [2.45, 2.75) is 25.4 Å². The van der Waals surface area contributed by atoms with Gasteiger partial charge in [-0.2, -0.15) is 13.2 Å². The Morgan fingerprint density at radius 1 is 1.03 bits per heavy atom. The standard InChI is InChI=1S/C23H26F3N5O/c24-23(25,26)17-6-5-7-18(16-17)31-14-12-30(13-15-31)11-4-3-10-21(32)29-22-27-19-8-1-2-9-20(19)28-22/h1-2,5-9,16H,3-4,10-15H2,(H2,27,28,29,32). The monoisotopic (exact) mass is 445 g/mol. The molecule has 0 saturated carbocycles. The second-order valence-corrected chi connectivity index (χ2v) is 7.98. The molecule has 9 heteroatoms. The van der Waals surface area contributed by atoms with Crippen molar-refractivity contribution in [1.29, 1.82) is 0 Å². The SMILES string of the molecule is O=C(CCCCN1CCN(c2cccc(C(F)(F)F)c2)CC1)Nc1nc2ccccc2[nH]1. The number of benzene rings is 2. The number of nitrogens with one attached hydrogen (secondary N) is 2. The molecule has 1 aliphatic heterocycles. The smallest absolute Gasteiger partial charge is 0.369 e. The summed E-state index contributed by atoms with van der Waals surface area (Å²) in [4.78, 5) is 23.9. The van der Waals surface area contributed by atoms with Crippen molar-refractivity contribution in [1.82, 2.24) is 14.9 Å². The summed E-state index contributed by atoms with van der Waals surface area (Å²) in [5, 5.41) is 2.80. The number of carbonyl (C=O) groups is 1. The van der Waals surface area contributed by atoms with E-state index in [0.29, 0.717) is 31.1 Å². The van der Waals surface area contributed by atoms with Crippen LogP contribution in [0.25, 0.3) is 11.0 Å². The summed E-state index contributed by atoms with van der Waals surface area (Å²) in [5.74, 6) is 0.389. The maximum atomic E-state index is 12.9. The van der Waals surface area contributed by atoms with Crippen LogP contribution in [0.2, 0.25) is 0 Å². The number of H-pyrrole nitrogens is 1. The first kappa shape index (κ1) is 22.1. The lowest BCUT2D eigenvalue weighted by Crippen LogP contribution is -2.46. The van der Waals surface area contributed by atoms with E-state index in [1.54, 1.807) is 6.07 Å². The average molecular weight is 445 g/mol. The van der Waals surface area contributed by atoms with E-state index in [0.717, 1.165) is 49.6 Å². The second-order valence-electron chi connectivity index (χ2n) is 7.98. The molecule has 0 unspecified atom stereocenters. The molecule has 32 heavy (non-hydrogen) atoms. The molecule has 6 nitrogen and oxygen atoms in total. The summed E-state index contributed by atoms with van der Waals surface area (Å²) in [5.41, 5.74) is 1.69. The molecule has 0 spiro atoms. The van der Waals surface area contributed by atoms with Gasteiger partial charge in [-0.3, -0.25) is 15.0 Å². The van der Waals surface area contributed by atoms with Crippen molar-refractivity contribution in [3.05, 3.63) is 54.1 Å². The zero-order chi connectivity index (χ0) is 22.6. The number of para-hydroxylation sites is 2. The Hall–Kier alpha value is -3.07. The second kappa shape index (κ2) is 9.60. The van der Waals surface area contributed by atoms with Crippen molar-refractivity contribution in [3.8, 4) is 0 Å². The van der Waals surface area contributed by atoms with E-state index in [-0.39, 0.29) is 5.91 Å². The van der Waals surface area contributed by atoms with Gasteiger partial charge in [0.05, 0.1) is 16.6 Å². The summed E-state index contributed by atoms with van der Waals surface area (Å²) in [6.45, 7) is 3.83. The number of hydrogen-bond acceptors (Lipinski definition) is 4. The number of imidazole rings is 1. The van der Waals surface area contributed by atoms with Crippen LogP contribution in [-0.4, -0.2) is 53.5 Å². The number of piperazine rings is 1. The third-order valence-corrected chi connectivity index (χ3v) is 5.69. The fraction of sp³-hybridized carbons (Fsp3) is 0.391. The lowest BCUT2D eigenvalue weighted by atomic mass is 10.1. The van der Waals surface area contributed by atoms with Crippen molar-refractivity contribution in [2.75, 3.05) is 42.9 Å². The molecule has 2 N–H and O–H groups in total. The summed E-state index contributed by atoms with van der Waals surface area (Å²) in [6, 6.07) is 13.1. The van der Waals surface area contributed by atoms with Gasteiger partial charge in [0, 0.05) is 38.3 Å². The first-order chi connectivity index (χ1) is 15.4. The number of hydrogen-bond donors (Lipinski definition) is 2. The number of anilines is 2. The zero-order valence-corrected chi connectivity index (χ0v) is 17.7. The number of unbranched alkanes of at least 4 members (excludes halogenated alkanes) is 1. The Balaban J connectivity index is 1.16. The van der Waals surface area contributed by atoms with Crippen LogP contribution in [0.3, 0.4) is 0 Å². The van der Waals surface area contributed by atoms with E-state index in [9.17, 15) is 18.0 Å². The van der Waals surface area contributed by atoms with Gasteiger partial charge in [0.25, 0.3) is 0 Å². The van der Waals surface area contributed by atoms with Crippen molar-refractivity contribution >= 4 is 28.6 Å². The molecule has 2 aromatic carbocycles. The number of halogens is 3. The highest BCUT2D eigenvalue weighted by atomic mass is 19.4. The summed E-state index contributed by atoms with van der Waals surface area (Å²) >= 11 is 0. The van der Waals surface area contributed by atoms with Gasteiger partial charge in [-0.25, -0.2) is 4.98 Å². The van der Waals surface area contributed by atoms with Gasteiger partial charge < -0.3 is 9.88 Å². The number of alkyl halides is 3. The molecule has 1 aromatic heterocycles. The molecule has 1 fully saturated rings. The van der Waals surface area contributed by atoms with Gasteiger partial charge in [0.2, 0.25) is 11.9 Å². The van der Waals surface area contributed by atoms with Crippen molar-refractivity contribution in [2.24, 2.45) is 0 Å². The van der Waals surface area contributed by atoms with Crippen LogP contribution in [0.1, 0.15) is 24.8 Å². The molecule has 2 heterocycles. The van der Waals surface area contributed by atoms with Crippen LogP contribution in [0.15, 0.2) is 48.5 Å². The Morgan fingerprint density at radius 3 is 2.56 bits per heavy atom. The minimum Gasteiger partial charge on any atom is -0.369 e. The van der Waals surface area contributed by atoms with Gasteiger partial charge in [-0.1, -0.05) is 18.2 Å². The minimum atomic E-state index is -4.32. The number of nitrogens with zero attached hydrogens (tertiary/aromatic N) is 3. The van der Waals surface area contributed by atoms with Gasteiger partial charge >= 0.3 is 6.18 Å². The number of fused-ring (bicyclic) bond motifs is 1.